The van der Waals surface area contributed by atoms with Crippen molar-refractivity contribution in [2.75, 3.05) is 37.4 Å². The van der Waals surface area contributed by atoms with E-state index < -0.39 is 0 Å². The predicted molar refractivity (Wildman–Crippen MR) is 118 cm³/mol. The molecule has 1 aromatic heterocycles. The largest absolute Gasteiger partial charge is 0.464 e. The number of anilines is 2. The molecule has 0 aliphatic carbocycles. The van der Waals surface area contributed by atoms with Gasteiger partial charge in [-0.25, -0.2) is 0 Å². The van der Waals surface area contributed by atoms with Crippen LogP contribution in [-0.4, -0.2) is 27.2 Å². The average molecular weight is 366 g/mol. The Morgan fingerprint density at radius 3 is 2.52 bits per heavy atom. The van der Waals surface area contributed by atoms with Crippen LogP contribution in [0, 0.1) is 0 Å². The first kappa shape index (κ1) is 20.6. The van der Waals surface area contributed by atoms with E-state index in [1.54, 1.807) is 6.26 Å². The number of rotatable bonds is 8. The van der Waals surface area contributed by atoms with Crippen molar-refractivity contribution in [1.82, 2.24) is 5.32 Å². The smallest absolute Gasteiger partial charge is 0.133 e. The molecular formula is C23H31N3O. The lowest BCUT2D eigenvalue weighted by molar-refractivity contribution is 0.616. The molecule has 27 heavy (non-hydrogen) atoms. The van der Waals surface area contributed by atoms with Gasteiger partial charge < -0.3 is 20.0 Å². The quantitative estimate of drug-likeness (QED) is 0.511. The number of furan rings is 1. The Morgan fingerprint density at radius 1 is 1.07 bits per heavy atom. The van der Waals surface area contributed by atoms with Crippen molar-refractivity contribution in [3.8, 4) is 0 Å². The maximum absolute atomic E-state index is 5.37. The standard InChI is InChI=1S/C21H25N3O.C2H6/c1-16(23-19-7-10-21-18(15-19)11-14-25-21)17-5-8-20(9-6-17)24(3)13-4-12-22-2;1-2/h5-11,14-15,22-23H,1,4,12-13H2,2-3H3;1-2H3. The van der Waals surface area contributed by atoms with Gasteiger partial charge in [0.1, 0.15) is 5.58 Å². The van der Waals surface area contributed by atoms with Gasteiger partial charge in [0, 0.05) is 36.1 Å². The molecule has 0 atom stereocenters. The van der Waals surface area contributed by atoms with Gasteiger partial charge in [0.2, 0.25) is 0 Å². The molecule has 0 amide bonds. The van der Waals surface area contributed by atoms with E-state index in [2.05, 4.69) is 59.5 Å². The molecule has 0 saturated heterocycles. The molecule has 0 saturated carbocycles. The molecule has 3 rings (SSSR count). The topological polar surface area (TPSA) is 40.4 Å². The Morgan fingerprint density at radius 2 is 1.81 bits per heavy atom. The van der Waals surface area contributed by atoms with Crippen LogP contribution < -0.4 is 15.5 Å². The van der Waals surface area contributed by atoms with E-state index >= 15 is 0 Å². The Balaban J connectivity index is 0.00000126. The Labute approximate surface area is 162 Å². The second-order valence-electron chi connectivity index (χ2n) is 6.20. The van der Waals surface area contributed by atoms with Crippen molar-refractivity contribution in [1.29, 1.82) is 0 Å². The molecule has 0 aliphatic heterocycles. The lowest BCUT2D eigenvalue weighted by Gasteiger charge is -2.20. The van der Waals surface area contributed by atoms with Crippen LogP contribution in [0.1, 0.15) is 25.8 Å². The molecule has 3 aromatic rings. The van der Waals surface area contributed by atoms with E-state index in [0.717, 1.165) is 47.4 Å². The minimum absolute atomic E-state index is 0.882. The van der Waals surface area contributed by atoms with E-state index in [-0.39, 0.29) is 0 Å². The van der Waals surface area contributed by atoms with Crippen LogP contribution in [0.25, 0.3) is 16.7 Å². The first-order chi connectivity index (χ1) is 13.2. The Bertz CT molecular complexity index is 836. The van der Waals surface area contributed by atoms with Crippen molar-refractivity contribution >= 4 is 28.0 Å². The molecule has 0 radical (unpaired) electrons. The van der Waals surface area contributed by atoms with Crippen LogP contribution in [0.2, 0.25) is 0 Å². The third-order valence-electron chi connectivity index (χ3n) is 4.32. The van der Waals surface area contributed by atoms with Crippen LogP contribution in [-0.2, 0) is 0 Å². The summed E-state index contributed by atoms with van der Waals surface area (Å²) in [6.07, 6.45) is 2.83. The van der Waals surface area contributed by atoms with Crippen molar-refractivity contribution in [3.05, 3.63) is 66.9 Å². The van der Waals surface area contributed by atoms with Gasteiger partial charge in [-0.15, -0.1) is 0 Å². The summed E-state index contributed by atoms with van der Waals surface area (Å²) in [5.74, 6) is 0. The van der Waals surface area contributed by atoms with Crippen LogP contribution in [0.5, 0.6) is 0 Å². The van der Waals surface area contributed by atoms with E-state index in [1.165, 1.54) is 5.69 Å². The fraction of sp³-hybridized carbons (Fsp3) is 0.304. The van der Waals surface area contributed by atoms with Gasteiger partial charge in [-0.05, 0) is 62.0 Å². The summed E-state index contributed by atoms with van der Waals surface area (Å²) in [4.78, 5) is 2.27. The summed E-state index contributed by atoms with van der Waals surface area (Å²) in [7, 11) is 4.11. The van der Waals surface area contributed by atoms with Gasteiger partial charge in [0.05, 0.1) is 6.26 Å². The van der Waals surface area contributed by atoms with E-state index in [9.17, 15) is 0 Å². The number of benzene rings is 2. The number of hydrogen-bond acceptors (Lipinski definition) is 4. The minimum Gasteiger partial charge on any atom is -0.464 e. The third-order valence-corrected chi connectivity index (χ3v) is 4.32. The van der Waals surface area contributed by atoms with Crippen molar-refractivity contribution < 1.29 is 4.42 Å². The summed E-state index contributed by atoms with van der Waals surface area (Å²) in [6.45, 7) is 10.2. The van der Waals surface area contributed by atoms with Crippen molar-refractivity contribution in [3.63, 3.8) is 0 Å². The molecule has 0 unspecified atom stereocenters. The highest BCUT2D eigenvalue weighted by molar-refractivity contribution is 5.84. The van der Waals surface area contributed by atoms with Crippen LogP contribution in [0.4, 0.5) is 11.4 Å². The molecular weight excluding hydrogens is 334 g/mol. The summed E-state index contributed by atoms with van der Waals surface area (Å²) >= 11 is 0. The van der Waals surface area contributed by atoms with Crippen molar-refractivity contribution in [2.45, 2.75) is 20.3 Å². The number of hydrogen-bond donors (Lipinski definition) is 2. The second-order valence-corrected chi connectivity index (χ2v) is 6.20. The molecule has 0 bridgehead atoms. The van der Waals surface area contributed by atoms with E-state index in [0.29, 0.717) is 0 Å². The highest BCUT2D eigenvalue weighted by Crippen LogP contribution is 2.24. The molecule has 144 valence electrons. The van der Waals surface area contributed by atoms with Crippen LogP contribution in [0.3, 0.4) is 0 Å². The van der Waals surface area contributed by atoms with Gasteiger partial charge >= 0.3 is 0 Å². The van der Waals surface area contributed by atoms with E-state index in [4.69, 9.17) is 4.42 Å². The molecule has 4 heteroatoms. The fourth-order valence-electron chi connectivity index (χ4n) is 2.83. The van der Waals surface area contributed by atoms with Crippen molar-refractivity contribution in [2.24, 2.45) is 0 Å². The fourth-order valence-corrected chi connectivity index (χ4v) is 2.83. The molecule has 2 N–H and O–H groups in total. The summed E-state index contributed by atoms with van der Waals surface area (Å²) in [5, 5.41) is 7.63. The van der Waals surface area contributed by atoms with E-state index in [1.807, 2.05) is 39.1 Å². The maximum atomic E-state index is 5.37. The zero-order valence-electron chi connectivity index (χ0n) is 16.9. The Kier molecular flexibility index (Phi) is 7.96. The van der Waals surface area contributed by atoms with Gasteiger partial charge in [-0.3, -0.25) is 0 Å². The first-order valence-corrected chi connectivity index (χ1v) is 9.57. The average Bonchev–Trinajstić information content (AvgIpc) is 3.17. The normalized spacial score (nSPS) is 10.2. The number of nitrogens with zero attached hydrogens (tertiary/aromatic N) is 1. The molecule has 4 nitrogen and oxygen atoms in total. The van der Waals surface area contributed by atoms with Crippen LogP contribution in [0.15, 0.2) is 65.8 Å². The molecule has 1 heterocycles. The maximum Gasteiger partial charge on any atom is 0.133 e. The Hall–Kier alpha value is -2.72. The predicted octanol–water partition coefficient (Wildman–Crippen LogP) is 5.59. The SMILES string of the molecule is C=C(Nc1ccc2occc2c1)c1ccc(N(C)CCCNC)cc1.CC. The lowest BCUT2D eigenvalue weighted by atomic mass is 10.1. The monoisotopic (exact) mass is 365 g/mol. The van der Waals surface area contributed by atoms with Gasteiger partial charge in [-0.2, -0.15) is 0 Å². The summed E-state index contributed by atoms with van der Waals surface area (Å²) in [6, 6.07) is 16.5. The first-order valence-electron chi connectivity index (χ1n) is 9.57. The zero-order valence-corrected chi connectivity index (χ0v) is 16.9. The molecule has 0 fully saturated rings. The highest BCUT2D eigenvalue weighted by atomic mass is 16.3. The lowest BCUT2D eigenvalue weighted by Crippen LogP contribution is -2.22. The van der Waals surface area contributed by atoms with Gasteiger partial charge in [-0.1, -0.05) is 32.6 Å². The van der Waals surface area contributed by atoms with Crippen LogP contribution >= 0.6 is 0 Å². The highest BCUT2D eigenvalue weighted by Gasteiger charge is 2.04. The molecule has 0 aliphatic rings. The number of fused-ring (bicyclic) bond motifs is 1. The molecule has 0 spiro atoms. The number of nitrogens with one attached hydrogen (secondary N) is 2. The minimum atomic E-state index is 0.882. The molecule has 2 aromatic carbocycles. The second kappa shape index (κ2) is 10.4. The van der Waals surface area contributed by atoms with Gasteiger partial charge in [0.25, 0.3) is 0 Å². The van der Waals surface area contributed by atoms with Gasteiger partial charge in [0.15, 0.2) is 0 Å². The summed E-state index contributed by atoms with van der Waals surface area (Å²) in [5.41, 5.74) is 5.08. The zero-order chi connectivity index (χ0) is 19.6. The summed E-state index contributed by atoms with van der Waals surface area (Å²) < 4.78 is 5.37. The third kappa shape index (κ3) is 5.63.